The molecule has 0 aromatic carbocycles. The Morgan fingerprint density at radius 2 is 2.00 bits per heavy atom. The summed E-state index contributed by atoms with van der Waals surface area (Å²) in [5, 5.41) is 17.6. The molecule has 0 spiro atoms. The standard InChI is InChI=1S/C7H6F3NO3/c8-7(9,10)6(14)4-5(13)3(12)1-2-11-4/h1-2,6,13-14H,(H,11,12). The maximum atomic E-state index is 12.0. The first-order valence-corrected chi connectivity index (χ1v) is 3.49. The van der Waals surface area contributed by atoms with Gasteiger partial charge < -0.3 is 15.2 Å². The van der Waals surface area contributed by atoms with Gasteiger partial charge in [-0.15, -0.1) is 0 Å². The smallest absolute Gasteiger partial charge is 0.420 e. The van der Waals surface area contributed by atoms with Gasteiger partial charge in [0.05, 0.1) is 5.69 Å². The summed E-state index contributed by atoms with van der Waals surface area (Å²) < 4.78 is 35.9. The molecule has 0 saturated carbocycles. The number of hydrogen-bond acceptors (Lipinski definition) is 3. The number of aromatic nitrogens is 1. The molecular formula is C7H6F3NO3. The summed E-state index contributed by atoms with van der Waals surface area (Å²) in [5.41, 5.74) is -1.94. The predicted molar refractivity (Wildman–Crippen MR) is 39.7 cm³/mol. The highest BCUT2D eigenvalue weighted by Gasteiger charge is 2.41. The number of pyridine rings is 1. The molecule has 1 heterocycles. The number of aliphatic hydroxyl groups excluding tert-OH is 1. The van der Waals surface area contributed by atoms with E-state index in [9.17, 15) is 18.0 Å². The normalized spacial score (nSPS) is 14.0. The third kappa shape index (κ3) is 1.87. The summed E-state index contributed by atoms with van der Waals surface area (Å²) in [7, 11) is 0. The largest absolute Gasteiger partial charge is 0.503 e. The molecule has 1 unspecified atom stereocenters. The molecule has 0 aliphatic rings. The molecule has 78 valence electrons. The zero-order chi connectivity index (χ0) is 10.9. The van der Waals surface area contributed by atoms with E-state index in [0.717, 1.165) is 12.3 Å². The molecule has 0 fully saturated rings. The van der Waals surface area contributed by atoms with Crippen molar-refractivity contribution in [2.24, 2.45) is 0 Å². The van der Waals surface area contributed by atoms with Gasteiger partial charge in [-0.3, -0.25) is 4.79 Å². The van der Waals surface area contributed by atoms with Gasteiger partial charge >= 0.3 is 6.18 Å². The van der Waals surface area contributed by atoms with E-state index in [0.29, 0.717) is 0 Å². The van der Waals surface area contributed by atoms with Crippen molar-refractivity contribution in [1.29, 1.82) is 0 Å². The molecule has 0 saturated heterocycles. The van der Waals surface area contributed by atoms with Gasteiger partial charge in [0.25, 0.3) is 0 Å². The minimum atomic E-state index is -4.93. The molecule has 0 bridgehead atoms. The Labute approximate surface area is 75.6 Å². The Kier molecular flexibility index (Phi) is 2.52. The molecule has 0 aliphatic carbocycles. The third-order valence-electron chi connectivity index (χ3n) is 1.55. The van der Waals surface area contributed by atoms with E-state index in [1.165, 1.54) is 0 Å². The van der Waals surface area contributed by atoms with Crippen LogP contribution in [0.25, 0.3) is 0 Å². The van der Waals surface area contributed by atoms with Crippen molar-refractivity contribution in [3.63, 3.8) is 0 Å². The van der Waals surface area contributed by atoms with E-state index < -0.39 is 29.2 Å². The topological polar surface area (TPSA) is 73.3 Å². The highest BCUT2D eigenvalue weighted by atomic mass is 19.4. The lowest BCUT2D eigenvalue weighted by Crippen LogP contribution is -2.22. The van der Waals surface area contributed by atoms with Crippen molar-refractivity contribution in [3.8, 4) is 5.75 Å². The second kappa shape index (κ2) is 3.33. The second-order valence-electron chi connectivity index (χ2n) is 2.55. The fourth-order valence-electron chi connectivity index (χ4n) is 0.859. The SMILES string of the molecule is O=c1cc[nH]c(C(O)C(F)(F)F)c1O. The van der Waals surface area contributed by atoms with Crippen LogP contribution in [0.15, 0.2) is 17.1 Å². The maximum absolute atomic E-state index is 12.0. The number of rotatable bonds is 1. The van der Waals surface area contributed by atoms with Gasteiger partial charge in [0.2, 0.25) is 5.43 Å². The predicted octanol–water partition coefficient (Wildman–Crippen LogP) is 0.676. The molecule has 4 nitrogen and oxygen atoms in total. The quantitative estimate of drug-likeness (QED) is 0.636. The van der Waals surface area contributed by atoms with E-state index in [4.69, 9.17) is 10.2 Å². The van der Waals surface area contributed by atoms with E-state index >= 15 is 0 Å². The summed E-state index contributed by atoms with van der Waals surface area (Å²) >= 11 is 0. The number of aliphatic hydroxyl groups is 1. The first-order chi connectivity index (χ1) is 6.34. The number of nitrogens with one attached hydrogen (secondary N) is 1. The zero-order valence-electron chi connectivity index (χ0n) is 6.67. The molecule has 1 aromatic heterocycles. The molecule has 0 amide bonds. The average Bonchev–Trinajstić information content (AvgIpc) is 2.07. The Balaban J connectivity index is 3.21. The van der Waals surface area contributed by atoms with Gasteiger partial charge in [0.15, 0.2) is 11.9 Å². The van der Waals surface area contributed by atoms with E-state index in [1.807, 2.05) is 4.98 Å². The highest BCUT2D eigenvalue weighted by Crippen LogP contribution is 2.33. The van der Waals surface area contributed by atoms with E-state index in [-0.39, 0.29) is 0 Å². The highest BCUT2D eigenvalue weighted by molar-refractivity contribution is 5.27. The molecule has 7 heteroatoms. The molecule has 1 atom stereocenters. The van der Waals surface area contributed by atoms with Crippen LogP contribution in [0.4, 0.5) is 13.2 Å². The molecule has 1 rings (SSSR count). The van der Waals surface area contributed by atoms with Crippen LogP contribution < -0.4 is 5.43 Å². The van der Waals surface area contributed by atoms with Crippen molar-refractivity contribution >= 4 is 0 Å². The number of H-pyrrole nitrogens is 1. The number of aromatic hydroxyl groups is 1. The number of halogens is 3. The van der Waals surface area contributed by atoms with Gasteiger partial charge in [-0.2, -0.15) is 13.2 Å². The van der Waals surface area contributed by atoms with Gasteiger partial charge in [-0.1, -0.05) is 0 Å². The van der Waals surface area contributed by atoms with Crippen LogP contribution in [0.5, 0.6) is 5.75 Å². The van der Waals surface area contributed by atoms with Crippen molar-refractivity contribution in [2.75, 3.05) is 0 Å². The van der Waals surface area contributed by atoms with E-state index in [2.05, 4.69) is 0 Å². The Morgan fingerprint density at radius 3 is 2.50 bits per heavy atom. The summed E-state index contributed by atoms with van der Waals surface area (Å²) in [6.45, 7) is 0. The van der Waals surface area contributed by atoms with Crippen LogP contribution >= 0.6 is 0 Å². The Morgan fingerprint density at radius 1 is 1.43 bits per heavy atom. The molecule has 3 N–H and O–H groups in total. The van der Waals surface area contributed by atoms with Gasteiger partial charge in [-0.25, -0.2) is 0 Å². The lowest BCUT2D eigenvalue weighted by molar-refractivity contribution is -0.208. The molecule has 0 aliphatic heterocycles. The summed E-state index contributed by atoms with van der Waals surface area (Å²) in [6.07, 6.45) is -6.91. The Bertz CT molecular complexity index is 385. The van der Waals surface area contributed by atoms with Crippen molar-refractivity contribution in [2.45, 2.75) is 12.3 Å². The zero-order valence-corrected chi connectivity index (χ0v) is 6.67. The van der Waals surface area contributed by atoms with Crippen LogP contribution in [0, 0.1) is 0 Å². The first-order valence-electron chi connectivity index (χ1n) is 3.49. The monoisotopic (exact) mass is 209 g/mol. The Hall–Kier alpha value is -1.50. The first kappa shape index (κ1) is 10.6. The van der Waals surface area contributed by atoms with Crippen LogP contribution in [-0.4, -0.2) is 21.4 Å². The average molecular weight is 209 g/mol. The second-order valence-corrected chi connectivity index (χ2v) is 2.55. The minimum Gasteiger partial charge on any atom is -0.503 e. The lowest BCUT2D eigenvalue weighted by Gasteiger charge is -2.14. The fraction of sp³-hybridized carbons (Fsp3) is 0.286. The number of alkyl halides is 3. The van der Waals surface area contributed by atoms with Crippen molar-refractivity contribution in [1.82, 2.24) is 4.98 Å². The van der Waals surface area contributed by atoms with E-state index in [1.54, 1.807) is 0 Å². The van der Waals surface area contributed by atoms with Crippen LogP contribution in [-0.2, 0) is 0 Å². The molecular weight excluding hydrogens is 203 g/mol. The molecule has 0 radical (unpaired) electrons. The lowest BCUT2D eigenvalue weighted by atomic mass is 10.2. The number of aromatic amines is 1. The number of hydrogen-bond donors (Lipinski definition) is 3. The summed E-state index contributed by atoms with van der Waals surface area (Å²) in [6, 6.07) is 0.849. The van der Waals surface area contributed by atoms with Gasteiger partial charge in [-0.05, 0) is 0 Å². The maximum Gasteiger partial charge on any atom is 0.420 e. The summed E-state index contributed by atoms with van der Waals surface area (Å²) in [4.78, 5) is 12.7. The van der Waals surface area contributed by atoms with Crippen LogP contribution in [0.1, 0.15) is 11.8 Å². The van der Waals surface area contributed by atoms with Crippen molar-refractivity contribution < 1.29 is 23.4 Å². The van der Waals surface area contributed by atoms with Crippen molar-refractivity contribution in [3.05, 3.63) is 28.2 Å². The van der Waals surface area contributed by atoms with Gasteiger partial charge in [0.1, 0.15) is 0 Å². The minimum absolute atomic E-state index is 0.849. The third-order valence-corrected chi connectivity index (χ3v) is 1.55. The molecule has 1 aromatic rings. The van der Waals surface area contributed by atoms with Crippen LogP contribution in [0.2, 0.25) is 0 Å². The van der Waals surface area contributed by atoms with Gasteiger partial charge in [0, 0.05) is 12.3 Å². The summed E-state index contributed by atoms with van der Waals surface area (Å²) in [5.74, 6) is -1.13. The fourth-order valence-corrected chi connectivity index (χ4v) is 0.859. The molecule has 14 heavy (non-hydrogen) atoms. The van der Waals surface area contributed by atoms with Crippen LogP contribution in [0.3, 0.4) is 0 Å².